The van der Waals surface area contributed by atoms with Crippen LogP contribution in [0.2, 0.25) is 0 Å². The molecule has 0 radical (unpaired) electrons. The van der Waals surface area contributed by atoms with Gasteiger partial charge in [-0.2, -0.15) is 0 Å². The lowest BCUT2D eigenvalue weighted by Crippen LogP contribution is -2.46. The zero-order valence-electron chi connectivity index (χ0n) is 18.2. The zero-order valence-corrected chi connectivity index (χ0v) is 19.0. The van der Waals surface area contributed by atoms with Gasteiger partial charge in [-0.25, -0.2) is 9.97 Å². The van der Waals surface area contributed by atoms with E-state index in [4.69, 9.17) is 15.0 Å². The Balaban J connectivity index is 1.37. The molecule has 4 heterocycles. The lowest BCUT2D eigenvalue weighted by molar-refractivity contribution is 0.218. The Hall–Kier alpha value is -1.38. The molecule has 3 aliphatic rings. The standard InChI is InChI=1S/C21H35N7S/c1-16-17(2)23-20(25-19(16)22-7-6-10-27-8-4-5-9-27)18-15-29-21(24-18)28-13-11-26(3)12-14-28/h18H,4-15H2,1-3H3,(H,22,23,25). The minimum Gasteiger partial charge on any atom is -0.370 e. The van der Waals surface area contributed by atoms with E-state index in [9.17, 15) is 0 Å². The summed E-state index contributed by atoms with van der Waals surface area (Å²) in [6.45, 7) is 13.2. The highest BCUT2D eigenvalue weighted by atomic mass is 32.2. The van der Waals surface area contributed by atoms with Gasteiger partial charge in [0.15, 0.2) is 11.0 Å². The van der Waals surface area contributed by atoms with Gasteiger partial charge in [-0.15, -0.1) is 0 Å². The van der Waals surface area contributed by atoms with Gasteiger partial charge in [0.25, 0.3) is 0 Å². The van der Waals surface area contributed by atoms with Crippen LogP contribution in [0.25, 0.3) is 0 Å². The Morgan fingerprint density at radius 2 is 1.79 bits per heavy atom. The van der Waals surface area contributed by atoms with Gasteiger partial charge in [0, 0.05) is 49.7 Å². The summed E-state index contributed by atoms with van der Waals surface area (Å²) in [4.78, 5) is 22.0. The lowest BCUT2D eigenvalue weighted by atomic mass is 10.2. The second-order valence-electron chi connectivity index (χ2n) is 8.50. The number of nitrogens with one attached hydrogen (secondary N) is 1. The second-order valence-corrected chi connectivity index (χ2v) is 9.49. The number of rotatable bonds is 6. The van der Waals surface area contributed by atoms with Crippen LogP contribution in [0.4, 0.5) is 5.82 Å². The molecule has 3 aliphatic heterocycles. The highest BCUT2D eigenvalue weighted by molar-refractivity contribution is 8.14. The molecule has 1 N–H and O–H groups in total. The lowest BCUT2D eigenvalue weighted by Gasteiger charge is -2.33. The van der Waals surface area contributed by atoms with E-state index in [1.54, 1.807) is 0 Å². The van der Waals surface area contributed by atoms with E-state index < -0.39 is 0 Å². The molecule has 1 aromatic heterocycles. The van der Waals surface area contributed by atoms with Gasteiger partial charge in [-0.3, -0.25) is 4.99 Å². The van der Waals surface area contributed by atoms with Crippen molar-refractivity contribution in [2.45, 2.75) is 39.2 Å². The summed E-state index contributed by atoms with van der Waals surface area (Å²) in [6, 6.07) is 0.0686. The highest BCUT2D eigenvalue weighted by Gasteiger charge is 2.28. The van der Waals surface area contributed by atoms with Crippen LogP contribution in [-0.4, -0.2) is 95.0 Å². The molecule has 0 bridgehead atoms. The fourth-order valence-electron chi connectivity index (χ4n) is 4.15. The molecule has 29 heavy (non-hydrogen) atoms. The summed E-state index contributed by atoms with van der Waals surface area (Å²) in [5.74, 6) is 2.80. The maximum absolute atomic E-state index is 5.00. The van der Waals surface area contributed by atoms with Crippen LogP contribution in [0.1, 0.15) is 42.4 Å². The van der Waals surface area contributed by atoms with Crippen molar-refractivity contribution in [1.29, 1.82) is 0 Å². The first kappa shape index (κ1) is 20.9. The van der Waals surface area contributed by atoms with Crippen molar-refractivity contribution in [2.24, 2.45) is 4.99 Å². The number of piperazine rings is 1. The van der Waals surface area contributed by atoms with E-state index in [0.29, 0.717) is 0 Å². The van der Waals surface area contributed by atoms with E-state index in [2.05, 4.69) is 40.9 Å². The Labute approximate surface area is 179 Å². The number of aliphatic imine (C=N–C) groups is 1. The summed E-state index contributed by atoms with van der Waals surface area (Å²) >= 11 is 1.86. The third-order valence-electron chi connectivity index (χ3n) is 6.26. The SMILES string of the molecule is Cc1nc(C2CSC(N3CCN(C)CC3)=N2)nc(NCCCN2CCCC2)c1C. The summed E-state index contributed by atoms with van der Waals surface area (Å²) < 4.78 is 0. The first-order chi connectivity index (χ1) is 14.1. The van der Waals surface area contributed by atoms with Crippen LogP contribution < -0.4 is 5.32 Å². The predicted molar refractivity (Wildman–Crippen MR) is 122 cm³/mol. The number of likely N-dealkylation sites (tertiary alicyclic amines) is 1. The number of hydrogen-bond acceptors (Lipinski definition) is 8. The average molecular weight is 418 g/mol. The molecule has 0 aromatic carbocycles. The minimum atomic E-state index is 0.0686. The van der Waals surface area contributed by atoms with Crippen molar-refractivity contribution in [3.63, 3.8) is 0 Å². The molecule has 4 rings (SSSR count). The number of thioether (sulfide) groups is 1. The topological polar surface area (TPSA) is 59.9 Å². The van der Waals surface area contributed by atoms with Crippen LogP contribution in [0.3, 0.4) is 0 Å². The first-order valence-electron chi connectivity index (χ1n) is 11.1. The summed E-state index contributed by atoms with van der Waals surface area (Å²) in [5.41, 5.74) is 2.22. The van der Waals surface area contributed by atoms with Gasteiger partial charge in [-0.1, -0.05) is 11.8 Å². The summed E-state index contributed by atoms with van der Waals surface area (Å²) in [6.07, 6.45) is 3.87. The molecule has 0 spiro atoms. The molecule has 0 saturated carbocycles. The van der Waals surface area contributed by atoms with Crippen molar-refractivity contribution >= 4 is 22.7 Å². The molecule has 2 fully saturated rings. The normalized spacial score (nSPS) is 23.6. The van der Waals surface area contributed by atoms with E-state index >= 15 is 0 Å². The van der Waals surface area contributed by atoms with E-state index in [1.807, 2.05) is 11.8 Å². The molecule has 1 unspecified atom stereocenters. The Morgan fingerprint density at radius 3 is 2.55 bits per heavy atom. The fourth-order valence-corrected chi connectivity index (χ4v) is 5.25. The maximum atomic E-state index is 5.00. The number of likely N-dealkylation sites (N-methyl/N-ethyl adjacent to an activating group) is 1. The quantitative estimate of drug-likeness (QED) is 0.713. The van der Waals surface area contributed by atoms with Gasteiger partial charge in [0.2, 0.25) is 0 Å². The first-order valence-corrected chi connectivity index (χ1v) is 12.0. The largest absolute Gasteiger partial charge is 0.370 e. The van der Waals surface area contributed by atoms with Crippen LogP contribution in [0.15, 0.2) is 4.99 Å². The van der Waals surface area contributed by atoms with Gasteiger partial charge in [0.05, 0.1) is 0 Å². The number of anilines is 1. The monoisotopic (exact) mass is 417 g/mol. The van der Waals surface area contributed by atoms with Crippen molar-refractivity contribution in [1.82, 2.24) is 24.7 Å². The molecular formula is C21H35N7S. The fraction of sp³-hybridized carbons (Fsp3) is 0.762. The van der Waals surface area contributed by atoms with Crippen molar-refractivity contribution in [3.05, 3.63) is 17.1 Å². The third kappa shape index (κ3) is 5.22. The Morgan fingerprint density at radius 1 is 1.03 bits per heavy atom. The van der Waals surface area contributed by atoms with E-state index in [1.165, 1.54) is 37.6 Å². The number of aromatic nitrogens is 2. The molecule has 8 heteroatoms. The summed E-state index contributed by atoms with van der Waals surface area (Å²) in [5, 5.41) is 4.74. The van der Waals surface area contributed by atoms with Gasteiger partial charge in [0.1, 0.15) is 11.9 Å². The third-order valence-corrected chi connectivity index (χ3v) is 7.36. The number of hydrogen-bond donors (Lipinski definition) is 1. The smallest absolute Gasteiger partial charge is 0.160 e. The van der Waals surface area contributed by atoms with Crippen LogP contribution in [-0.2, 0) is 0 Å². The molecule has 160 valence electrons. The molecule has 1 atom stereocenters. The second kappa shape index (κ2) is 9.62. The van der Waals surface area contributed by atoms with Crippen molar-refractivity contribution in [2.75, 3.05) is 70.5 Å². The number of amidine groups is 1. The van der Waals surface area contributed by atoms with Crippen molar-refractivity contribution < 1.29 is 0 Å². The molecule has 0 amide bonds. The molecule has 7 nitrogen and oxygen atoms in total. The Bertz CT molecular complexity index is 724. The van der Waals surface area contributed by atoms with E-state index in [-0.39, 0.29) is 6.04 Å². The summed E-state index contributed by atoms with van der Waals surface area (Å²) in [7, 11) is 2.19. The van der Waals surface area contributed by atoms with Crippen LogP contribution in [0.5, 0.6) is 0 Å². The van der Waals surface area contributed by atoms with Gasteiger partial charge >= 0.3 is 0 Å². The number of nitrogens with zero attached hydrogens (tertiary/aromatic N) is 6. The average Bonchev–Trinajstić information content (AvgIpc) is 3.41. The molecular weight excluding hydrogens is 382 g/mol. The minimum absolute atomic E-state index is 0.0686. The van der Waals surface area contributed by atoms with Gasteiger partial charge < -0.3 is 20.0 Å². The zero-order chi connectivity index (χ0) is 20.2. The van der Waals surface area contributed by atoms with E-state index in [0.717, 1.165) is 67.8 Å². The van der Waals surface area contributed by atoms with Crippen molar-refractivity contribution in [3.8, 4) is 0 Å². The van der Waals surface area contributed by atoms with Gasteiger partial charge in [-0.05, 0) is 59.8 Å². The van der Waals surface area contributed by atoms with Crippen LogP contribution in [0, 0.1) is 13.8 Å². The highest BCUT2D eigenvalue weighted by Crippen LogP contribution is 2.31. The molecule has 2 saturated heterocycles. The maximum Gasteiger partial charge on any atom is 0.160 e. The predicted octanol–water partition coefficient (Wildman–Crippen LogP) is 2.38. The number of aryl methyl sites for hydroxylation is 1. The van der Waals surface area contributed by atoms with Crippen LogP contribution >= 0.6 is 11.8 Å². The molecule has 0 aliphatic carbocycles. The Kier molecular flexibility index (Phi) is 6.92. The molecule has 1 aromatic rings.